The van der Waals surface area contributed by atoms with E-state index in [1.54, 1.807) is 39.0 Å². The molecule has 2 aromatic carbocycles. The van der Waals surface area contributed by atoms with E-state index in [2.05, 4.69) is 11.4 Å². The number of carbonyl (C=O) groups excluding carboxylic acids is 4. The lowest BCUT2D eigenvalue weighted by atomic mass is 10.0. The number of halogens is 1. The van der Waals surface area contributed by atoms with Crippen LogP contribution in [0.2, 0.25) is 0 Å². The predicted octanol–water partition coefficient (Wildman–Crippen LogP) is 5.57. The Kier molecular flexibility index (Phi) is 9.41. The van der Waals surface area contributed by atoms with Crippen molar-refractivity contribution in [3.8, 4) is 0 Å². The van der Waals surface area contributed by atoms with Gasteiger partial charge < -0.3 is 15.0 Å². The van der Waals surface area contributed by atoms with E-state index in [-0.39, 0.29) is 49.8 Å². The van der Waals surface area contributed by atoms with Gasteiger partial charge in [0.05, 0.1) is 11.4 Å². The molecule has 0 fully saturated rings. The summed E-state index contributed by atoms with van der Waals surface area (Å²) in [7, 11) is 0. The van der Waals surface area contributed by atoms with E-state index in [9.17, 15) is 19.2 Å². The largest absolute Gasteiger partial charge is 0.459 e. The third-order valence-electron chi connectivity index (χ3n) is 8.19. The van der Waals surface area contributed by atoms with Crippen LogP contribution in [0.15, 0.2) is 66.0 Å². The van der Waals surface area contributed by atoms with E-state index in [4.69, 9.17) is 4.74 Å². The number of fused-ring (bicyclic) bond motifs is 1. The Morgan fingerprint density at radius 2 is 1.80 bits per heavy atom. The summed E-state index contributed by atoms with van der Waals surface area (Å²) in [5, 5.41) is 2.87. The highest BCUT2D eigenvalue weighted by Gasteiger charge is 2.37. The average Bonchev–Trinajstić information content (AvgIpc) is 3.28. The second-order valence-corrected chi connectivity index (χ2v) is 12.7. The number of alkyl halides is 1. The van der Waals surface area contributed by atoms with Crippen molar-refractivity contribution in [2.75, 3.05) is 24.5 Å². The van der Waals surface area contributed by atoms with Gasteiger partial charge in [0.15, 0.2) is 0 Å². The molecule has 10 heteroatoms. The molecule has 0 aromatic heterocycles. The van der Waals surface area contributed by atoms with Gasteiger partial charge in [0, 0.05) is 43.7 Å². The Morgan fingerprint density at radius 3 is 2.56 bits per heavy atom. The lowest BCUT2D eigenvalue weighted by Gasteiger charge is -2.31. The number of nitrogens with one attached hydrogen (secondary N) is 1. The molecule has 45 heavy (non-hydrogen) atoms. The first-order valence-electron chi connectivity index (χ1n) is 15.5. The van der Waals surface area contributed by atoms with Gasteiger partial charge in [-0.25, -0.2) is 9.18 Å². The fourth-order valence-corrected chi connectivity index (χ4v) is 6.03. The number of urea groups is 1. The van der Waals surface area contributed by atoms with Crippen LogP contribution in [-0.4, -0.2) is 65.0 Å². The van der Waals surface area contributed by atoms with Crippen molar-refractivity contribution in [1.29, 1.82) is 0 Å². The van der Waals surface area contributed by atoms with Crippen molar-refractivity contribution in [2.24, 2.45) is 0 Å². The molecule has 2 aromatic rings. The van der Waals surface area contributed by atoms with Crippen LogP contribution in [0.1, 0.15) is 73.5 Å². The lowest BCUT2D eigenvalue weighted by Crippen LogP contribution is -2.43. The van der Waals surface area contributed by atoms with Crippen LogP contribution in [0.4, 0.5) is 14.9 Å². The zero-order valence-corrected chi connectivity index (χ0v) is 26.4. The molecule has 2 aliphatic heterocycles. The number of hydrogen-bond acceptors (Lipinski definition) is 5. The molecule has 0 saturated carbocycles. The molecule has 238 valence electrons. The number of nitrogens with zero attached hydrogens (tertiary/aromatic N) is 3. The summed E-state index contributed by atoms with van der Waals surface area (Å²) in [6, 6.07) is 12.9. The fourth-order valence-electron chi connectivity index (χ4n) is 6.03. The number of allylic oxidation sites excluding steroid dienone is 3. The molecule has 0 bridgehead atoms. The van der Waals surface area contributed by atoms with Gasteiger partial charge in [-0.15, -0.1) is 0 Å². The number of hydrogen-bond donors (Lipinski definition) is 1. The minimum absolute atomic E-state index is 0.0354. The van der Waals surface area contributed by atoms with Crippen LogP contribution >= 0.6 is 0 Å². The molecule has 1 unspecified atom stereocenters. The maximum Gasteiger partial charge on any atom is 0.326 e. The molecule has 0 spiro atoms. The van der Waals surface area contributed by atoms with Gasteiger partial charge in [-0.2, -0.15) is 0 Å². The molecular weight excluding hydrogens is 575 g/mol. The highest BCUT2D eigenvalue weighted by Crippen LogP contribution is 2.32. The summed E-state index contributed by atoms with van der Waals surface area (Å²) in [5.41, 5.74) is 3.83. The van der Waals surface area contributed by atoms with Gasteiger partial charge in [-0.05, 0) is 87.9 Å². The SMILES string of the molecule is Cc1cc(C(=O)N2CCCCc3ccccc32)ccc1CNC(=O)N1CCC(=O)N(CC(=O)OC(C)(C)C)C2=C1C(F)CC=C2. The minimum Gasteiger partial charge on any atom is -0.459 e. The Morgan fingerprint density at radius 1 is 1.02 bits per heavy atom. The summed E-state index contributed by atoms with van der Waals surface area (Å²) < 4.78 is 20.8. The summed E-state index contributed by atoms with van der Waals surface area (Å²) in [5.74, 6) is -1.08. The Hall–Kier alpha value is -4.47. The maximum absolute atomic E-state index is 15.4. The van der Waals surface area contributed by atoms with Gasteiger partial charge in [-0.1, -0.05) is 30.3 Å². The van der Waals surface area contributed by atoms with E-state index >= 15 is 4.39 Å². The smallest absolute Gasteiger partial charge is 0.326 e. The monoisotopic (exact) mass is 616 g/mol. The van der Waals surface area contributed by atoms with Crippen molar-refractivity contribution < 1.29 is 28.3 Å². The Bertz CT molecular complexity index is 1560. The first-order chi connectivity index (χ1) is 21.4. The van der Waals surface area contributed by atoms with Crippen molar-refractivity contribution >= 4 is 29.5 Å². The summed E-state index contributed by atoms with van der Waals surface area (Å²) in [4.78, 5) is 57.1. The van der Waals surface area contributed by atoms with Crippen molar-refractivity contribution in [3.63, 3.8) is 0 Å². The second kappa shape index (κ2) is 13.3. The van der Waals surface area contributed by atoms with Crippen molar-refractivity contribution in [3.05, 3.63) is 88.3 Å². The molecule has 1 N–H and O–H groups in total. The number of rotatable bonds is 5. The van der Waals surface area contributed by atoms with Crippen molar-refractivity contribution in [1.82, 2.24) is 15.1 Å². The number of para-hydroxylation sites is 1. The topological polar surface area (TPSA) is 99.3 Å². The number of anilines is 1. The fraction of sp³-hybridized carbons (Fsp3) is 0.429. The molecule has 9 nitrogen and oxygen atoms in total. The maximum atomic E-state index is 15.4. The molecule has 1 atom stereocenters. The molecule has 3 aliphatic rings. The molecule has 5 rings (SSSR count). The van der Waals surface area contributed by atoms with Gasteiger partial charge in [0.2, 0.25) is 5.91 Å². The minimum atomic E-state index is -1.53. The second-order valence-electron chi connectivity index (χ2n) is 12.7. The summed E-state index contributed by atoms with van der Waals surface area (Å²) in [6.45, 7) is 7.46. The van der Waals surface area contributed by atoms with Gasteiger partial charge >= 0.3 is 12.0 Å². The molecule has 1 aliphatic carbocycles. The molecule has 2 heterocycles. The van der Waals surface area contributed by atoms with Crippen LogP contribution in [-0.2, 0) is 27.3 Å². The van der Waals surface area contributed by atoms with E-state index in [1.165, 1.54) is 15.4 Å². The predicted molar refractivity (Wildman–Crippen MR) is 169 cm³/mol. The zero-order valence-electron chi connectivity index (χ0n) is 26.4. The Balaban J connectivity index is 1.31. The zero-order chi connectivity index (χ0) is 32.3. The number of aryl methyl sites for hydroxylation is 2. The van der Waals surface area contributed by atoms with E-state index in [1.807, 2.05) is 42.2 Å². The van der Waals surface area contributed by atoms with Crippen molar-refractivity contribution in [2.45, 2.75) is 78.1 Å². The number of esters is 1. The number of amides is 4. The van der Waals surface area contributed by atoms with Crippen LogP contribution < -0.4 is 10.2 Å². The van der Waals surface area contributed by atoms with Gasteiger partial charge in [0.1, 0.15) is 18.3 Å². The number of benzene rings is 2. The first-order valence-corrected chi connectivity index (χ1v) is 15.5. The third-order valence-corrected chi connectivity index (χ3v) is 8.19. The summed E-state index contributed by atoms with van der Waals surface area (Å²) in [6.07, 6.45) is 4.52. The molecule has 0 radical (unpaired) electrons. The Labute approximate surface area is 263 Å². The first kappa shape index (κ1) is 31.9. The van der Waals surface area contributed by atoms with E-state index in [0.29, 0.717) is 12.1 Å². The molecule has 0 saturated heterocycles. The lowest BCUT2D eigenvalue weighted by molar-refractivity contribution is -0.157. The normalized spacial score (nSPS) is 18.6. The number of ether oxygens (including phenoxy) is 1. The van der Waals surface area contributed by atoms with Gasteiger partial charge in [-0.3, -0.25) is 24.2 Å². The average molecular weight is 617 g/mol. The number of carbonyl (C=O) groups is 4. The van der Waals surface area contributed by atoms with E-state index in [0.717, 1.165) is 36.1 Å². The third kappa shape index (κ3) is 7.27. The highest BCUT2D eigenvalue weighted by molar-refractivity contribution is 6.06. The molecular formula is C35H41FN4O5. The highest BCUT2D eigenvalue weighted by atomic mass is 19.1. The van der Waals surface area contributed by atoms with Crippen LogP contribution in [0.25, 0.3) is 0 Å². The van der Waals surface area contributed by atoms with Gasteiger partial charge in [0.25, 0.3) is 5.91 Å². The van der Waals surface area contributed by atoms with Crippen LogP contribution in [0, 0.1) is 6.92 Å². The molecule has 4 amide bonds. The van der Waals surface area contributed by atoms with E-state index < -0.39 is 29.7 Å². The standard InChI is InChI=1S/C35H41FN4O5/c1-23-20-25(33(43)38-18-8-7-11-24-10-5-6-13-28(24)38)15-16-26(23)21-37-34(44)39-19-17-30(41)40(22-31(42)45-35(2,3)4)29-14-9-12-27(36)32(29)39/h5-6,9-10,13-16,20,27H,7-8,11-12,17-19,21-22H2,1-4H3,(H,37,44). The summed E-state index contributed by atoms with van der Waals surface area (Å²) >= 11 is 0. The quantitative estimate of drug-likeness (QED) is 0.443. The van der Waals surface area contributed by atoms with Crippen LogP contribution in [0.5, 0.6) is 0 Å². The van der Waals surface area contributed by atoms with Crippen LogP contribution in [0.3, 0.4) is 0 Å².